The number of aromatic nitrogens is 2. The molecule has 0 aromatic carbocycles. The van der Waals surface area contributed by atoms with Crippen LogP contribution in [0, 0.1) is 0 Å². The molecule has 0 spiro atoms. The molecule has 1 fully saturated rings. The van der Waals surface area contributed by atoms with Gasteiger partial charge in [0.15, 0.2) is 12.3 Å². The van der Waals surface area contributed by atoms with Gasteiger partial charge in [-0.2, -0.15) is 0 Å². The molecule has 0 unspecified atom stereocenters. The van der Waals surface area contributed by atoms with Crippen molar-refractivity contribution < 1.29 is 18.3 Å². The molecule has 2 heterocycles. The van der Waals surface area contributed by atoms with Crippen molar-refractivity contribution >= 4 is 23.4 Å². The highest BCUT2D eigenvalue weighted by atomic mass is 35.5. The highest BCUT2D eigenvalue weighted by molar-refractivity contribution is 6.28. The Balaban J connectivity index is 2.22. The number of hydrogen-bond acceptors (Lipinski definition) is 5. The number of halogens is 3. The van der Waals surface area contributed by atoms with Gasteiger partial charge in [-0.15, -0.1) is 0 Å². The number of ether oxygens (including phenoxy) is 1. The first-order chi connectivity index (χ1) is 9.51. The van der Waals surface area contributed by atoms with Gasteiger partial charge in [-0.05, 0) is 18.5 Å². The first kappa shape index (κ1) is 14.9. The quantitative estimate of drug-likeness (QED) is 0.626. The molecule has 1 aliphatic heterocycles. The van der Waals surface area contributed by atoms with Crippen LogP contribution < -0.4 is 4.90 Å². The first-order valence-electron chi connectivity index (χ1n) is 6.21. The summed E-state index contributed by atoms with van der Waals surface area (Å²) in [6.45, 7) is 1.71. The van der Waals surface area contributed by atoms with Gasteiger partial charge in [0.1, 0.15) is 5.82 Å². The van der Waals surface area contributed by atoms with E-state index in [1.165, 1.54) is 11.1 Å². The third kappa shape index (κ3) is 3.33. The molecule has 8 heteroatoms. The summed E-state index contributed by atoms with van der Waals surface area (Å²) in [5, 5.41) is -0.0367. The van der Waals surface area contributed by atoms with E-state index >= 15 is 0 Å². The van der Waals surface area contributed by atoms with Gasteiger partial charge in [0.05, 0.1) is 26.1 Å². The van der Waals surface area contributed by atoms with Gasteiger partial charge in [-0.3, -0.25) is 4.79 Å². The van der Waals surface area contributed by atoms with E-state index in [1.807, 2.05) is 0 Å². The SMILES string of the molecule is CCOC(=O)Cc1cnc(Cl)nc1N1C[C@H](F)[C@@H](F)C1. The molecule has 20 heavy (non-hydrogen) atoms. The molecule has 0 aliphatic carbocycles. The fourth-order valence-corrected chi connectivity index (χ4v) is 2.17. The topological polar surface area (TPSA) is 55.3 Å². The van der Waals surface area contributed by atoms with E-state index < -0.39 is 18.3 Å². The molecule has 0 amide bonds. The second-order valence-electron chi connectivity index (χ2n) is 4.41. The number of anilines is 1. The number of carbonyl (C=O) groups is 1. The molecule has 0 bridgehead atoms. The average molecular weight is 306 g/mol. The van der Waals surface area contributed by atoms with Gasteiger partial charge in [-0.1, -0.05) is 0 Å². The minimum absolute atomic E-state index is 0.0367. The van der Waals surface area contributed by atoms with Crippen molar-refractivity contribution in [1.29, 1.82) is 0 Å². The first-order valence-corrected chi connectivity index (χ1v) is 6.59. The van der Waals surface area contributed by atoms with Crippen LogP contribution in [0.5, 0.6) is 0 Å². The third-order valence-corrected chi connectivity index (χ3v) is 3.12. The zero-order chi connectivity index (χ0) is 14.7. The number of alkyl halides is 2. The lowest BCUT2D eigenvalue weighted by molar-refractivity contribution is -0.142. The lowest BCUT2D eigenvalue weighted by Crippen LogP contribution is -2.24. The molecular weight excluding hydrogens is 292 g/mol. The predicted octanol–water partition coefficient (Wildman–Crippen LogP) is 1.73. The van der Waals surface area contributed by atoms with Crippen LogP contribution in [0.2, 0.25) is 5.28 Å². The van der Waals surface area contributed by atoms with Crippen LogP contribution in [0.3, 0.4) is 0 Å². The van der Waals surface area contributed by atoms with Gasteiger partial charge in [-0.25, -0.2) is 18.7 Å². The predicted molar refractivity (Wildman–Crippen MR) is 69.4 cm³/mol. The zero-order valence-corrected chi connectivity index (χ0v) is 11.6. The van der Waals surface area contributed by atoms with Gasteiger partial charge in [0.2, 0.25) is 5.28 Å². The zero-order valence-electron chi connectivity index (χ0n) is 10.9. The van der Waals surface area contributed by atoms with E-state index in [0.29, 0.717) is 5.56 Å². The van der Waals surface area contributed by atoms with E-state index in [4.69, 9.17) is 16.3 Å². The highest BCUT2D eigenvalue weighted by Gasteiger charge is 2.34. The maximum atomic E-state index is 13.3. The molecule has 2 rings (SSSR count). The second kappa shape index (κ2) is 6.30. The summed E-state index contributed by atoms with van der Waals surface area (Å²) in [6.07, 6.45) is -1.83. The maximum absolute atomic E-state index is 13.3. The van der Waals surface area contributed by atoms with Gasteiger partial charge >= 0.3 is 5.97 Å². The number of esters is 1. The maximum Gasteiger partial charge on any atom is 0.310 e. The van der Waals surface area contributed by atoms with Crippen molar-refractivity contribution in [3.05, 3.63) is 17.0 Å². The van der Waals surface area contributed by atoms with Crippen molar-refractivity contribution in [2.24, 2.45) is 0 Å². The lowest BCUT2D eigenvalue weighted by atomic mass is 10.2. The molecule has 5 nitrogen and oxygen atoms in total. The van der Waals surface area contributed by atoms with Crippen LogP contribution in [0.25, 0.3) is 0 Å². The number of carbonyl (C=O) groups excluding carboxylic acids is 1. The Labute approximate surface area is 119 Å². The van der Waals surface area contributed by atoms with Gasteiger partial charge in [0.25, 0.3) is 0 Å². The summed E-state index contributed by atoms with van der Waals surface area (Å²) >= 11 is 5.71. The van der Waals surface area contributed by atoms with E-state index in [2.05, 4.69) is 9.97 Å². The standard InChI is InChI=1S/C12H14ClF2N3O2/c1-2-20-10(19)3-7-4-16-12(13)17-11(7)18-5-8(14)9(15)6-18/h4,8-9H,2-3,5-6H2,1H3/t8-,9-/m0/s1. The summed E-state index contributed by atoms with van der Waals surface area (Å²) in [7, 11) is 0. The Hall–Kier alpha value is -1.50. The monoisotopic (exact) mass is 305 g/mol. The van der Waals surface area contributed by atoms with E-state index in [0.717, 1.165) is 0 Å². The van der Waals surface area contributed by atoms with Crippen LogP contribution in [-0.2, 0) is 16.0 Å². The molecule has 0 N–H and O–H groups in total. The molecule has 1 aromatic rings. The smallest absolute Gasteiger partial charge is 0.310 e. The average Bonchev–Trinajstić information content (AvgIpc) is 2.72. The summed E-state index contributed by atoms with van der Waals surface area (Å²) in [5.74, 6) is -0.173. The molecule has 0 radical (unpaired) electrons. The molecule has 1 aromatic heterocycles. The largest absolute Gasteiger partial charge is 0.466 e. The Bertz CT molecular complexity index is 494. The van der Waals surface area contributed by atoms with E-state index in [9.17, 15) is 13.6 Å². The fourth-order valence-electron chi connectivity index (χ4n) is 2.04. The minimum Gasteiger partial charge on any atom is -0.466 e. The molecular formula is C12H14ClF2N3O2. The van der Waals surface area contributed by atoms with Gasteiger partial charge in [0, 0.05) is 11.8 Å². The number of rotatable bonds is 4. The molecule has 110 valence electrons. The van der Waals surface area contributed by atoms with Crippen LogP contribution in [0.4, 0.5) is 14.6 Å². The molecule has 1 saturated heterocycles. The normalized spacial score (nSPS) is 22.1. The van der Waals surface area contributed by atoms with Crippen LogP contribution in [-0.4, -0.2) is 48.0 Å². The summed E-state index contributed by atoms with van der Waals surface area (Å²) in [6, 6.07) is 0. The fraction of sp³-hybridized carbons (Fsp3) is 0.583. The second-order valence-corrected chi connectivity index (χ2v) is 4.74. The minimum atomic E-state index is -1.57. The van der Waals surface area contributed by atoms with Crippen molar-refractivity contribution in [3.8, 4) is 0 Å². The highest BCUT2D eigenvalue weighted by Crippen LogP contribution is 2.26. The summed E-state index contributed by atoms with van der Waals surface area (Å²) < 4.78 is 31.4. The van der Waals surface area contributed by atoms with Crippen molar-refractivity contribution in [2.75, 3.05) is 24.6 Å². The van der Waals surface area contributed by atoms with Gasteiger partial charge < -0.3 is 9.64 Å². The molecule has 2 atom stereocenters. The van der Waals surface area contributed by atoms with E-state index in [1.54, 1.807) is 6.92 Å². The van der Waals surface area contributed by atoms with E-state index in [-0.39, 0.29) is 37.2 Å². The van der Waals surface area contributed by atoms with Crippen LogP contribution in [0.15, 0.2) is 6.20 Å². The number of nitrogens with zero attached hydrogens (tertiary/aromatic N) is 3. The molecule has 1 aliphatic rings. The number of hydrogen-bond donors (Lipinski definition) is 0. The Morgan fingerprint density at radius 2 is 2.15 bits per heavy atom. The summed E-state index contributed by atoms with van der Waals surface area (Å²) in [4.78, 5) is 20.7. The Morgan fingerprint density at radius 3 is 2.75 bits per heavy atom. The van der Waals surface area contributed by atoms with Crippen molar-refractivity contribution in [3.63, 3.8) is 0 Å². The Morgan fingerprint density at radius 1 is 1.50 bits per heavy atom. The Kier molecular flexibility index (Phi) is 4.69. The lowest BCUT2D eigenvalue weighted by Gasteiger charge is -2.19. The van der Waals surface area contributed by atoms with Crippen LogP contribution in [0.1, 0.15) is 12.5 Å². The third-order valence-electron chi connectivity index (χ3n) is 2.93. The van der Waals surface area contributed by atoms with Crippen molar-refractivity contribution in [1.82, 2.24) is 9.97 Å². The summed E-state index contributed by atoms with van der Waals surface area (Å²) in [5.41, 5.74) is 0.439. The van der Waals surface area contributed by atoms with Crippen molar-refractivity contribution in [2.45, 2.75) is 25.7 Å². The molecule has 0 saturated carbocycles. The van der Waals surface area contributed by atoms with Crippen LogP contribution >= 0.6 is 11.6 Å².